The summed E-state index contributed by atoms with van der Waals surface area (Å²) < 4.78 is 28.3. The van der Waals surface area contributed by atoms with Gasteiger partial charge in [0, 0.05) is 39.6 Å². The normalized spacial score (nSPS) is 16.5. The van der Waals surface area contributed by atoms with Crippen molar-refractivity contribution in [3.05, 3.63) is 106 Å². The standard InChI is InChI=1S/C31H28F2N2/c1-29(2)21-8-7-13-34-27(21)18-15-19-24(16-23(18)29)30(3,4)22-11-12-26(35-28(19)22)31(5,6)20-10-9-17(32)14-25(20)33/h7-16H,1-6H3. The van der Waals surface area contributed by atoms with E-state index in [0.29, 0.717) is 5.56 Å². The Bertz CT molecular complexity index is 1550. The first-order chi connectivity index (χ1) is 16.4. The minimum Gasteiger partial charge on any atom is -0.256 e. The van der Waals surface area contributed by atoms with Crippen LogP contribution in [-0.2, 0) is 16.2 Å². The Labute approximate surface area is 205 Å². The Morgan fingerprint density at radius 3 is 2.06 bits per heavy atom. The zero-order valence-electron chi connectivity index (χ0n) is 20.9. The molecule has 2 aliphatic rings. The molecule has 2 aromatic carbocycles. The van der Waals surface area contributed by atoms with Crippen molar-refractivity contribution in [3.8, 4) is 22.5 Å². The maximum absolute atomic E-state index is 14.8. The van der Waals surface area contributed by atoms with E-state index in [-0.39, 0.29) is 10.8 Å². The van der Waals surface area contributed by atoms with Gasteiger partial charge in [-0.2, -0.15) is 0 Å². The molecule has 0 saturated carbocycles. The summed E-state index contributed by atoms with van der Waals surface area (Å²) in [5.74, 6) is -1.13. The van der Waals surface area contributed by atoms with Gasteiger partial charge in [-0.25, -0.2) is 8.78 Å². The highest BCUT2D eigenvalue weighted by Crippen LogP contribution is 2.55. The van der Waals surface area contributed by atoms with E-state index in [4.69, 9.17) is 9.97 Å². The Morgan fingerprint density at radius 1 is 0.714 bits per heavy atom. The molecule has 0 amide bonds. The molecule has 0 atom stereocenters. The zero-order chi connectivity index (χ0) is 24.9. The van der Waals surface area contributed by atoms with Crippen molar-refractivity contribution in [1.29, 1.82) is 0 Å². The van der Waals surface area contributed by atoms with Gasteiger partial charge >= 0.3 is 0 Å². The Kier molecular flexibility index (Phi) is 4.32. The predicted molar refractivity (Wildman–Crippen MR) is 136 cm³/mol. The summed E-state index contributed by atoms with van der Waals surface area (Å²) >= 11 is 0. The molecule has 0 unspecified atom stereocenters. The molecule has 0 saturated heterocycles. The van der Waals surface area contributed by atoms with Gasteiger partial charge in [0.1, 0.15) is 11.6 Å². The molecule has 0 bridgehead atoms. The molecule has 0 spiro atoms. The minimum absolute atomic E-state index is 0.125. The van der Waals surface area contributed by atoms with Crippen LogP contribution in [0.3, 0.4) is 0 Å². The van der Waals surface area contributed by atoms with E-state index >= 15 is 0 Å². The van der Waals surface area contributed by atoms with Crippen molar-refractivity contribution in [1.82, 2.24) is 9.97 Å². The molecule has 2 heterocycles. The second kappa shape index (κ2) is 6.84. The van der Waals surface area contributed by atoms with E-state index in [1.807, 2.05) is 32.2 Å². The molecule has 0 N–H and O–H groups in total. The maximum Gasteiger partial charge on any atom is 0.130 e. The third kappa shape index (κ3) is 2.86. The lowest BCUT2D eigenvalue weighted by Gasteiger charge is -2.27. The van der Waals surface area contributed by atoms with Gasteiger partial charge in [0.15, 0.2) is 0 Å². The lowest BCUT2D eigenvalue weighted by molar-refractivity contribution is 0.524. The van der Waals surface area contributed by atoms with E-state index in [0.717, 1.165) is 39.8 Å². The van der Waals surface area contributed by atoms with Crippen LogP contribution < -0.4 is 0 Å². The van der Waals surface area contributed by atoms with Crippen LogP contribution in [0, 0.1) is 11.6 Å². The second-order valence-corrected chi connectivity index (χ2v) is 11.4. The van der Waals surface area contributed by atoms with E-state index in [9.17, 15) is 8.78 Å². The Hall–Kier alpha value is -3.40. The van der Waals surface area contributed by atoms with Gasteiger partial charge in [0.25, 0.3) is 0 Å². The number of fused-ring (bicyclic) bond motifs is 6. The third-order valence-corrected chi connectivity index (χ3v) is 8.31. The first-order valence-electron chi connectivity index (χ1n) is 12.1. The molecule has 0 radical (unpaired) electrons. The molecule has 4 aromatic rings. The number of halogens is 2. The van der Waals surface area contributed by atoms with Crippen molar-refractivity contribution in [3.63, 3.8) is 0 Å². The molecule has 0 aliphatic heterocycles. The molecule has 176 valence electrons. The van der Waals surface area contributed by atoms with Gasteiger partial charge in [-0.05, 0) is 52.1 Å². The van der Waals surface area contributed by atoms with Crippen LogP contribution in [0.2, 0.25) is 0 Å². The van der Waals surface area contributed by atoms with Crippen molar-refractivity contribution >= 4 is 0 Å². The molecule has 2 nitrogen and oxygen atoms in total. The van der Waals surface area contributed by atoms with Crippen molar-refractivity contribution in [2.75, 3.05) is 0 Å². The third-order valence-electron chi connectivity index (χ3n) is 8.31. The zero-order valence-corrected chi connectivity index (χ0v) is 20.9. The van der Waals surface area contributed by atoms with Crippen molar-refractivity contribution in [2.45, 2.75) is 57.8 Å². The fourth-order valence-corrected chi connectivity index (χ4v) is 6.09. The van der Waals surface area contributed by atoms with Gasteiger partial charge in [0.2, 0.25) is 0 Å². The number of benzene rings is 2. The number of nitrogens with zero attached hydrogens (tertiary/aromatic N) is 2. The largest absolute Gasteiger partial charge is 0.256 e. The highest BCUT2D eigenvalue weighted by molar-refractivity contribution is 5.87. The molecular weight excluding hydrogens is 438 g/mol. The minimum atomic E-state index is -0.730. The number of aromatic nitrogens is 2. The summed E-state index contributed by atoms with van der Waals surface area (Å²) in [6.07, 6.45) is 1.85. The number of pyridine rings is 2. The van der Waals surface area contributed by atoms with E-state index in [2.05, 4.69) is 52.0 Å². The topological polar surface area (TPSA) is 25.8 Å². The van der Waals surface area contributed by atoms with Crippen LogP contribution in [0.25, 0.3) is 22.5 Å². The average Bonchev–Trinajstić information content (AvgIpc) is 3.17. The second-order valence-electron chi connectivity index (χ2n) is 11.4. The van der Waals surface area contributed by atoms with E-state index in [1.54, 1.807) is 0 Å². The van der Waals surface area contributed by atoms with Gasteiger partial charge < -0.3 is 0 Å². The maximum atomic E-state index is 14.8. The number of hydrogen-bond acceptors (Lipinski definition) is 2. The molecule has 6 rings (SSSR count). The van der Waals surface area contributed by atoms with Crippen molar-refractivity contribution in [2.24, 2.45) is 0 Å². The summed E-state index contributed by atoms with van der Waals surface area (Å²) in [6, 6.07) is 16.7. The van der Waals surface area contributed by atoms with Crippen LogP contribution in [0.5, 0.6) is 0 Å². The first-order valence-corrected chi connectivity index (χ1v) is 12.1. The monoisotopic (exact) mass is 466 g/mol. The summed E-state index contributed by atoms with van der Waals surface area (Å²) in [7, 11) is 0. The van der Waals surface area contributed by atoms with Crippen LogP contribution in [0.4, 0.5) is 8.78 Å². The molecule has 4 heteroatoms. The van der Waals surface area contributed by atoms with Crippen LogP contribution in [-0.4, -0.2) is 9.97 Å². The van der Waals surface area contributed by atoms with Crippen LogP contribution in [0.15, 0.2) is 60.8 Å². The molecule has 35 heavy (non-hydrogen) atoms. The molecule has 0 fully saturated rings. The SMILES string of the molecule is CC(C)(c1ccc2c(n1)-c1cc3c(cc1C2(C)C)C(C)(C)c1cccnc1-3)c1ccc(F)cc1F. The van der Waals surface area contributed by atoms with Gasteiger partial charge in [-0.1, -0.05) is 65.8 Å². The predicted octanol–water partition coefficient (Wildman–Crippen LogP) is 7.69. The lowest BCUT2D eigenvalue weighted by atomic mass is 9.77. The Balaban J connectivity index is 1.57. The molecular formula is C31H28F2N2. The van der Waals surface area contributed by atoms with E-state index < -0.39 is 17.0 Å². The summed E-state index contributed by atoms with van der Waals surface area (Å²) in [5, 5.41) is 0. The number of hydrogen-bond donors (Lipinski definition) is 0. The van der Waals surface area contributed by atoms with Crippen LogP contribution in [0.1, 0.15) is 75.1 Å². The molecule has 2 aliphatic carbocycles. The Morgan fingerprint density at radius 2 is 1.37 bits per heavy atom. The fraction of sp³-hybridized carbons (Fsp3) is 0.290. The first kappa shape index (κ1) is 22.1. The number of rotatable bonds is 2. The van der Waals surface area contributed by atoms with Gasteiger partial charge in [-0.3, -0.25) is 9.97 Å². The van der Waals surface area contributed by atoms with Crippen molar-refractivity contribution < 1.29 is 8.78 Å². The van der Waals surface area contributed by atoms with Gasteiger partial charge in [0.05, 0.1) is 17.1 Å². The fourth-order valence-electron chi connectivity index (χ4n) is 6.09. The summed E-state index contributed by atoms with van der Waals surface area (Å²) in [4.78, 5) is 9.87. The quantitative estimate of drug-likeness (QED) is 0.303. The summed E-state index contributed by atoms with van der Waals surface area (Å²) in [5.41, 5.74) is 9.29. The smallest absolute Gasteiger partial charge is 0.130 e. The highest BCUT2D eigenvalue weighted by atomic mass is 19.1. The lowest BCUT2D eigenvalue weighted by Crippen LogP contribution is -2.23. The van der Waals surface area contributed by atoms with Crippen LogP contribution >= 0.6 is 0 Å². The van der Waals surface area contributed by atoms with E-state index in [1.165, 1.54) is 28.8 Å². The summed E-state index contributed by atoms with van der Waals surface area (Å²) in [6.45, 7) is 12.9. The van der Waals surface area contributed by atoms with Gasteiger partial charge in [-0.15, -0.1) is 0 Å². The molecule has 2 aromatic heterocycles. The highest BCUT2D eigenvalue weighted by Gasteiger charge is 2.43. The average molecular weight is 467 g/mol.